The first-order valence-electron chi connectivity index (χ1n) is 10.0. The van der Waals surface area contributed by atoms with E-state index < -0.39 is 0 Å². The lowest BCUT2D eigenvalue weighted by atomic mass is 9.96. The smallest absolute Gasteiger partial charge is 0.228 e. The van der Waals surface area contributed by atoms with Crippen LogP contribution in [0.2, 0.25) is 0 Å². The minimum Gasteiger partial charge on any atom is -0.310 e. The van der Waals surface area contributed by atoms with Crippen LogP contribution in [0.1, 0.15) is 24.2 Å². The second kappa shape index (κ2) is 8.53. The summed E-state index contributed by atoms with van der Waals surface area (Å²) in [6, 6.07) is 13.9. The zero-order valence-electron chi connectivity index (χ0n) is 16.9. The van der Waals surface area contributed by atoms with Crippen LogP contribution in [-0.2, 0) is 11.5 Å². The van der Waals surface area contributed by atoms with Crippen LogP contribution < -0.4 is 5.32 Å². The van der Waals surface area contributed by atoms with Crippen molar-refractivity contribution in [3.63, 3.8) is 0 Å². The van der Waals surface area contributed by atoms with E-state index in [2.05, 4.69) is 37.4 Å². The summed E-state index contributed by atoms with van der Waals surface area (Å²) < 4.78 is 1.96. The summed E-state index contributed by atoms with van der Waals surface area (Å²) in [5, 5.41) is 7.53. The number of aryl methyl sites for hydroxylation is 2. The molecule has 4 rings (SSSR count). The van der Waals surface area contributed by atoms with Crippen molar-refractivity contribution in [2.24, 2.45) is 5.92 Å². The molecule has 1 aliphatic rings. The van der Waals surface area contributed by atoms with Gasteiger partial charge >= 0.3 is 0 Å². The third-order valence-electron chi connectivity index (χ3n) is 5.27. The highest BCUT2D eigenvalue weighted by atomic mass is 16.1. The summed E-state index contributed by atoms with van der Waals surface area (Å²) in [4.78, 5) is 23.7. The molecule has 7 nitrogen and oxygen atoms in total. The van der Waals surface area contributed by atoms with E-state index in [1.807, 2.05) is 48.9 Å². The number of nitrogens with one attached hydrogen (secondary N) is 1. The SMILES string of the molecule is Cc1ccnc(NC(=O)C2CCN(Cn3nc(C)nc3-c3ccccc3)CC2)c1. The predicted molar refractivity (Wildman–Crippen MR) is 112 cm³/mol. The number of amides is 1. The highest BCUT2D eigenvalue weighted by Gasteiger charge is 2.26. The van der Waals surface area contributed by atoms with E-state index in [9.17, 15) is 4.79 Å². The van der Waals surface area contributed by atoms with Crippen molar-refractivity contribution in [3.8, 4) is 11.4 Å². The van der Waals surface area contributed by atoms with E-state index in [0.717, 1.165) is 48.7 Å². The molecule has 3 aromatic rings. The Labute approximate surface area is 170 Å². The van der Waals surface area contributed by atoms with Crippen LogP contribution >= 0.6 is 0 Å². The molecule has 1 N–H and O–H groups in total. The number of carbonyl (C=O) groups excluding carboxylic acids is 1. The van der Waals surface area contributed by atoms with E-state index in [-0.39, 0.29) is 11.8 Å². The summed E-state index contributed by atoms with van der Waals surface area (Å²) in [5.41, 5.74) is 2.15. The Balaban J connectivity index is 1.35. The van der Waals surface area contributed by atoms with Crippen molar-refractivity contribution in [3.05, 3.63) is 60.0 Å². The average Bonchev–Trinajstić information content (AvgIpc) is 3.09. The summed E-state index contributed by atoms with van der Waals surface area (Å²) in [7, 11) is 0. The lowest BCUT2D eigenvalue weighted by molar-refractivity contribution is -0.121. The number of hydrogen-bond donors (Lipinski definition) is 1. The fourth-order valence-electron chi connectivity index (χ4n) is 3.71. The zero-order chi connectivity index (χ0) is 20.2. The Hall–Kier alpha value is -3.06. The van der Waals surface area contributed by atoms with Crippen molar-refractivity contribution in [2.75, 3.05) is 18.4 Å². The monoisotopic (exact) mass is 390 g/mol. The van der Waals surface area contributed by atoms with Crippen LogP contribution in [0.15, 0.2) is 48.7 Å². The average molecular weight is 390 g/mol. The number of benzene rings is 1. The van der Waals surface area contributed by atoms with Crippen LogP contribution in [0.5, 0.6) is 0 Å². The maximum atomic E-state index is 12.6. The summed E-state index contributed by atoms with van der Waals surface area (Å²) in [6.45, 7) is 6.29. The van der Waals surface area contributed by atoms with E-state index in [1.165, 1.54) is 0 Å². The number of pyridine rings is 1. The normalized spacial score (nSPS) is 15.4. The second-order valence-corrected chi connectivity index (χ2v) is 7.59. The van der Waals surface area contributed by atoms with Gasteiger partial charge < -0.3 is 5.32 Å². The van der Waals surface area contributed by atoms with Crippen LogP contribution in [-0.4, -0.2) is 43.6 Å². The van der Waals surface area contributed by atoms with Gasteiger partial charge in [-0.1, -0.05) is 30.3 Å². The van der Waals surface area contributed by atoms with Gasteiger partial charge in [0.2, 0.25) is 5.91 Å². The minimum absolute atomic E-state index is 0.0136. The number of aromatic nitrogens is 4. The molecule has 0 aliphatic carbocycles. The molecule has 0 bridgehead atoms. The van der Waals surface area contributed by atoms with Crippen molar-refractivity contribution in [2.45, 2.75) is 33.4 Å². The minimum atomic E-state index is 0.0136. The molecule has 2 aromatic heterocycles. The maximum Gasteiger partial charge on any atom is 0.228 e. The number of anilines is 1. The third-order valence-corrected chi connectivity index (χ3v) is 5.27. The molecule has 150 valence electrons. The number of hydrogen-bond acceptors (Lipinski definition) is 5. The van der Waals surface area contributed by atoms with Gasteiger partial charge in [0.05, 0.1) is 6.67 Å². The number of piperidine rings is 1. The van der Waals surface area contributed by atoms with Gasteiger partial charge in [-0.05, 0) is 44.4 Å². The van der Waals surface area contributed by atoms with Crippen LogP contribution in [0.25, 0.3) is 11.4 Å². The first kappa shape index (κ1) is 19.3. The fraction of sp³-hybridized carbons (Fsp3) is 0.364. The van der Waals surface area contributed by atoms with Gasteiger partial charge in [0, 0.05) is 30.8 Å². The molecule has 0 atom stereocenters. The van der Waals surface area contributed by atoms with E-state index in [1.54, 1.807) is 6.20 Å². The summed E-state index contributed by atoms with van der Waals surface area (Å²) in [6.07, 6.45) is 3.37. The molecule has 0 radical (unpaired) electrons. The summed E-state index contributed by atoms with van der Waals surface area (Å²) in [5.74, 6) is 2.35. The van der Waals surface area contributed by atoms with Crippen LogP contribution in [0, 0.1) is 19.8 Å². The molecule has 0 unspecified atom stereocenters. The summed E-state index contributed by atoms with van der Waals surface area (Å²) >= 11 is 0. The number of likely N-dealkylation sites (tertiary alicyclic amines) is 1. The Bertz CT molecular complexity index is 976. The third kappa shape index (κ3) is 4.68. The molecule has 1 saturated heterocycles. The van der Waals surface area contributed by atoms with Gasteiger partial charge in [-0.2, -0.15) is 5.10 Å². The second-order valence-electron chi connectivity index (χ2n) is 7.59. The van der Waals surface area contributed by atoms with Crippen molar-refractivity contribution in [1.82, 2.24) is 24.6 Å². The van der Waals surface area contributed by atoms with Crippen LogP contribution in [0.4, 0.5) is 5.82 Å². The van der Waals surface area contributed by atoms with Crippen molar-refractivity contribution < 1.29 is 4.79 Å². The molecule has 1 aliphatic heterocycles. The Morgan fingerprint density at radius 3 is 2.62 bits per heavy atom. The molecule has 29 heavy (non-hydrogen) atoms. The van der Waals surface area contributed by atoms with Crippen molar-refractivity contribution >= 4 is 11.7 Å². The largest absolute Gasteiger partial charge is 0.310 e. The first-order valence-corrected chi connectivity index (χ1v) is 10.0. The quantitative estimate of drug-likeness (QED) is 0.724. The van der Waals surface area contributed by atoms with E-state index >= 15 is 0 Å². The number of rotatable bonds is 5. The highest BCUT2D eigenvalue weighted by molar-refractivity contribution is 5.91. The standard InChI is InChI=1S/C22H26N6O/c1-16-8-11-23-20(14-16)25-22(29)19-9-12-27(13-10-19)15-28-21(24-17(2)26-28)18-6-4-3-5-7-18/h3-8,11,14,19H,9-10,12-13,15H2,1-2H3,(H,23,25,29). The number of nitrogens with zero attached hydrogens (tertiary/aromatic N) is 5. The molecule has 7 heteroatoms. The van der Waals surface area contributed by atoms with Gasteiger partial charge in [-0.15, -0.1) is 0 Å². The van der Waals surface area contributed by atoms with E-state index in [4.69, 9.17) is 0 Å². The molecule has 3 heterocycles. The lowest BCUT2D eigenvalue weighted by Crippen LogP contribution is -2.39. The van der Waals surface area contributed by atoms with Crippen molar-refractivity contribution in [1.29, 1.82) is 0 Å². The molecular formula is C22H26N6O. The van der Waals surface area contributed by atoms with Crippen LogP contribution in [0.3, 0.4) is 0 Å². The molecule has 0 spiro atoms. The zero-order valence-corrected chi connectivity index (χ0v) is 16.9. The van der Waals surface area contributed by atoms with Gasteiger partial charge in [0.25, 0.3) is 0 Å². The molecule has 1 fully saturated rings. The highest BCUT2D eigenvalue weighted by Crippen LogP contribution is 2.22. The first-order chi connectivity index (χ1) is 14.1. The van der Waals surface area contributed by atoms with Gasteiger partial charge in [0.15, 0.2) is 5.82 Å². The molecule has 1 aromatic carbocycles. The van der Waals surface area contributed by atoms with E-state index in [0.29, 0.717) is 12.5 Å². The molecule has 1 amide bonds. The Morgan fingerprint density at radius 2 is 1.90 bits per heavy atom. The maximum absolute atomic E-state index is 12.6. The molecular weight excluding hydrogens is 364 g/mol. The lowest BCUT2D eigenvalue weighted by Gasteiger charge is -2.31. The Kier molecular flexibility index (Phi) is 5.67. The molecule has 0 saturated carbocycles. The fourth-order valence-corrected chi connectivity index (χ4v) is 3.71. The van der Waals surface area contributed by atoms with Gasteiger partial charge in [-0.25, -0.2) is 14.6 Å². The number of carbonyl (C=O) groups is 1. The van der Waals surface area contributed by atoms with Gasteiger partial charge in [-0.3, -0.25) is 9.69 Å². The predicted octanol–water partition coefficient (Wildman–Crippen LogP) is 3.27. The Morgan fingerprint density at radius 1 is 1.14 bits per heavy atom. The topological polar surface area (TPSA) is 75.9 Å². The van der Waals surface area contributed by atoms with Gasteiger partial charge in [0.1, 0.15) is 11.6 Å².